The van der Waals surface area contributed by atoms with Gasteiger partial charge in [-0.25, -0.2) is 0 Å². The first kappa shape index (κ1) is 17.9. The van der Waals surface area contributed by atoms with Crippen LogP contribution in [-0.4, -0.2) is 20.1 Å². The zero-order valence-corrected chi connectivity index (χ0v) is 16.0. The van der Waals surface area contributed by atoms with Gasteiger partial charge in [0.1, 0.15) is 11.5 Å². The van der Waals surface area contributed by atoms with Gasteiger partial charge in [-0.2, -0.15) is 0 Å². The van der Waals surface area contributed by atoms with Crippen LogP contribution in [0.2, 0.25) is 0 Å². The minimum absolute atomic E-state index is 0.169. The summed E-state index contributed by atoms with van der Waals surface area (Å²) in [7, 11) is 3.32. The van der Waals surface area contributed by atoms with Gasteiger partial charge in [0.2, 0.25) is 5.91 Å². The summed E-state index contributed by atoms with van der Waals surface area (Å²) in [5, 5.41) is 3.33. The SMILES string of the molecule is COc1ccc(C(NC(=O)C2CC3CCC2C3)c2ccc(OC)cc2)cc1. The molecule has 0 radical (unpaired) electrons. The standard InChI is InChI=1S/C23H27NO3/c1-26-19-9-5-16(6-10-19)22(17-7-11-20(27-2)12-8-17)24-23(25)21-14-15-3-4-18(21)13-15/h5-12,15,18,21-22H,3-4,13-14H2,1-2H3,(H,24,25). The van der Waals surface area contributed by atoms with Crippen LogP contribution < -0.4 is 14.8 Å². The molecule has 4 rings (SSSR count). The van der Waals surface area contributed by atoms with Gasteiger partial charge in [-0.05, 0) is 66.5 Å². The lowest BCUT2D eigenvalue weighted by atomic mass is 9.87. The first-order valence-electron chi connectivity index (χ1n) is 9.76. The molecule has 0 aromatic heterocycles. The molecule has 0 saturated heterocycles. The fraction of sp³-hybridized carbons (Fsp3) is 0.435. The lowest BCUT2D eigenvalue weighted by Gasteiger charge is -2.26. The second-order valence-corrected chi connectivity index (χ2v) is 7.77. The molecule has 0 heterocycles. The van der Waals surface area contributed by atoms with E-state index in [-0.39, 0.29) is 17.9 Å². The molecule has 4 nitrogen and oxygen atoms in total. The van der Waals surface area contributed by atoms with E-state index in [2.05, 4.69) is 5.32 Å². The lowest BCUT2D eigenvalue weighted by Crippen LogP contribution is -2.36. The second kappa shape index (κ2) is 7.63. The summed E-state index contributed by atoms with van der Waals surface area (Å²) in [5.41, 5.74) is 2.11. The molecule has 1 amide bonds. The smallest absolute Gasteiger partial charge is 0.224 e. The Morgan fingerprint density at radius 3 is 1.85 bits per heavy atom. The van der Waals surface area contributed by atoms with Crippen LogP contribution >= 0.6 is 0 Å². The first-order valence-corrected chi connectivity index (χ1v) is 9.76. The van der Waals surface area contributed by atoms with Crippen molar-refractivity contribution in [2.75, 3.05) is 14.2 Å². The summed E-state index contributed by atoms with van der Waals surface area (Å²) in [6.07, 6.45) is 4.79. The Bertz CT molecular complexity index is 737. The van der Waals surface area contributed by atoms with E-state index >= 15 is 0 Å². The topological polar surface area (TPSA) is 47.6 Å². The average molecular weight is 365 g/mol. The Hall–Kier alpha value is -2.49. The van der Waals surface area contributed by atoms with Crippen molar-refractivity contribution in [3.8, 4) is 11.5 Å². The normalized spacial score (nSPS) is 23.4. The molecule has 142 valence electrons. The van der Waals surface area contributed by atoms with Crippen molar-refractivity contribution in [3.05, 3.63) is 59.7 Å². The summed E-state index contributed by atoms with van der Waals surface area (Å²) >= 11 is 0. The molecule has 0 aliphatic heterocycles. The number of hydrogen-bond acceptors (Lipinski definition) is 3. The number of carbonyl (C=O) groups excluding carboxylic acids is 1. The van der Waals surface area contributed by atoms with Crippen molar-refractivity contribution >= 4 is 5.91 Å². The lowest BCUT2D eigenvalue weighted by molar-refractivity contribution is -0.127. The van der Waals surface area contributed by atoms with Gasteiger partial charge in [-0.15, -0.1) is 0 Å². The van der Waals surface area contributed by atoms with Gasteiger partial charge in [0.25, 0.3) is 0 Å². The molecule has 4 heteroatoms. The highest BCUT2D eigenvalue weighted by molar-refractivity contribution is 5.80. The molecule has 3 atom stereocenters. The molecule has 3 unspecified atom stereocenters. The highest BCUT2D eigenvalue weighted by Crippen LogP contribution is 2.48. The quantitative estimate of drug-likeness (QED) is 0.828. The van der Waals surface area contributed by atoms with Gasteiger partial charge in [0, 0.05) is 5.92 Å². The summed E-state index contributed by atoms with van der Waals surface area (Å²) in [5.74, 6) is 3.31. The molecule has 2 bridgehead atoms. The average Bonchev–Trinajstić information content (AvgIpc) is 3.36. The Kier molecular flexibility index (Phi) is 5.06. The maximum absolute atomic E-state index is 13.1. The van der Waals surface area contributed by atoms with Crippen LogP contribution in [0.5, 0.6) is 11.5 Å². The van der Waals surface area contributed by atoms with Gasteiger partial charge in [-0.3, -0.25) is 4.79 Å². The molecular weight excluding hydrogens is 338 g/mol. The Labute approximate surface area is 160 Å². The fourth-order valence-electron chi connectivity index (χ4n) is 4.77. The third kappa shape index (κ3) is 3.66. The number of amides is 1. The van der Waals surface area contributed by atoms with Gasteiger partial charge in [0.15, 0.2) is 0 Å². The van der Waals surface area contributed by atoms with Crippen LogP contribution in [0.15, 0.2) is 48.5 Å². The van der Waals surface area contributed by atoms with E-state index in [0.29, 0.717) is 5.92 Å². The molecule has 2 saturated carbocycles. The Morgan fingerprint density at radius 2 is 1.44 bits per heavy atom. The van der Waals surface area contributed by atoms with E-state index in [1.54, 1.807) is 14.2 Å². The van der Waals surface area contributed by atoms with E-state index in [1.807, 2.05) is 48.5 Å². The third-order valence-corrected chi connectivity index (χ3v) is 6.26. The molecule has 27 heavy (non-hydrogen) atoms. The highest BCUT2D eigenvalue weighted by Gasteiger charge is 2.43. The molecular formula is C23H27NO3. The van der Waals surface area contributed by atoms with Crippen LogP contribution in [0.1, 0.15) is 42.9 Å². The van der Waals surface area contributed by atoms with Crippen molar-refractivity contribution in [2.45, 2.75) is 31.7 Å². The minimum atomic E-state index is -0.173. The third-order valence-electron chi connectivity index (χ3n) is 6.26. The predicted molar refractivity (Wildman–Crippen MR) is 105 cm³/mol. The minimum Gasteiger partial charge on any atom is -0.497 e. The molecule has 2 aromatic carbocycles. The summed E-state index contributed by atoms with van der Waals surface area (Å²) in [6.45, 7) is 0. The van der Waals surface area contributed by atoms with Crippen LogP contribution in [0.3, 0.4) is 0 Å². The summed E-state index contributed by atoms with van der Waals surface area (Å²) in [4.78, 5) is 13.1. The summed E-state index contributed by atoms with van der Waals surface area (Å²) < 4.78 is 10.6. The Morgan fingerprint density at radius 1 is 0.889 bits per heavy atom. The monoisotopic (exact) mass is 365 g/mol. The first-order chi connectivity index (χ1) is 13.2. The van der Waals surface area contributed by atoms with E-state index in [1.165, 1.54) is 19.3 Å². The van der Waals surface area contributed by atoms with E-state index in [9.17, 15) is 4.79 Å². The van der Waals surface area contributed by atoms with Gasteiger partial charge in [-0.1, -0.05) is 30.7 Å². The van der Waals surface area contributed by atoms with E-state index in [4.69, 9.17) is 9.47 Å². The molecule has 2 aliphatic carbocycles. The van der Waals surface area contributed by atoms with Crippen molar-refractivity contribution in [1.29, 1.82) is 0 Å². The molecule has 1 N–H and O–H groups in total. The number of hydrogen-bond donors (Lipinski definition) is 1. The maximum atomic E-state index is 13.1. The zero-order valence-electron chi connectivity index (χ0n) is 16.0. The van der Waals surface area contributed by atoms with Gasteiger partial charge < -0.3 is 14.8 Å². The van der Waals surface area contributed by atoms with Crippen LogP contribution in [0, 0.1) is 17.8 Å². The van der Waals surface area contributed by atoms with Crippen LogP contribution in [0.4, 0.5) is 0 Å². The van der Waals surface area contributed by atoms with Gasteiger partial charge >= 0.3 is 0 Å². The van der Waals surface area contributed by atoms with Crippen molar-refractivity contribution < 1.29 is 14.3 Å². The fourth-order valence-corrected chi connectivity index (χ4v) is 4.77. The molecule has 2 fully saturated rings. The number of ether oxygens (including phenoxy) is 2. The number of benzene rings is 2. The number of rotatable bonds is 6. The van der Waals surface area contributed by atoms with E-state index in [0.717, 1.165) is 35.0 Å². The largest absolute Gasteiger partial charge is 0.497 e. The predicted octanol–water partition coefficient (Wildman–Crippen LogP) is 4.35. The highest BCUT2D eigenvalue weighted by atomic mass is 16.5. The summed E-state index contributed by atoms with van der Waals surface area (Å²) in [6, 6.07) is 15.7. The second-order valence-electron chi connectivity index (χ2n) is 7.77. The molecule has 0 spiro atoms. The van der Waals surface area contributed by atoms with Crippen molar-refractivity contribution in [2.24, 2.45) is 17.8 Å². The van der Waals surface area contributed by atoms with Gasteiger partial charge in [0.05, 0.1) is 20.3 Å². The van der Waals surface area contributed by atoms with Crippen LogP contribution in [-0.2, 0) is 4.79 Å². The number of methoxy groups -OCH3 is 2. The molecule has 2 aliphatic rings. The maximum Gasteiger partial charge on any atom is 0.224 e. The van der Waals surface area contributed by atoms with Crippen molar-refractivity contribution in [1.82, 2.24) is 5.32 Å². The van der Waals surface area contributed by atoms with Crippen molar-refractivity contribution in [3.63, 3.8) is 0 Å². The zero-order chi connectivity index (χ0) is 18.8. The van der Waals surface area contributed by atoms with E-state index < -0.39 is 0 Å². The molecule has 2 aromatic rings. The Balaban J connectivity index is 1.59. The number of carbonyl (C=O) groups is 1. The number of nitrogens with one attached hydrogen (secondary N) is 1. The number of fused-ring (bicyclic) bond motifs is 2. The van der Waals surface area contributed by atoms with Crippen LogP contribution in [0.25, 0.3) is 0 Å².